The molecule has 0 atom stereocenters. The van der Waals surface area contributed by atoms with Gasteiger partial charge in [-0.15, -0.1) is 11.3 Å². The van der Waals surface area contributed by atoms with E-state index in [4.69, 9.17) is 4.74 Å². The quantitative estimate of drug-likeness (QED) is 0.219. The molecule has 2 heterocycles. The predicted molar refractivity (Wildman–Crippen MR) is 168 cm³/mol. The Balaban J connectivity index is 1.42. The molecule has 42 heavy (non-hydrogen) atoms. The maximum absolute atomic E-state index is 14.5. The number of thiophene rings is 1. The number of morpholine rings is 1. The lowest BCUT2D eigenvalue weighted by atomic mass is 9.90. The Hall–Kier alpha value is -3.78. The Bertz CT molecular complexity index is 1370. The minimum atomic E-state index is -0.493. The van der Waals surface area contributed by atoms with Gasteiger partial charge in [0.1, 0.15) is 0 Å². The van der Waals surface area contributed by atoms with Gasteiger partial charge in [0.2, 0.25) is 11.8 Å². The van der Waals surface area contributed by atoms with Gasteiger partial charge in [0.15, 0.2) is 0 Å². The molecule has 0 radical (unpaired) electrons. The van der Waals surface area contributed by atoms with Gasteiger partial charge >= 0.3 is 0 Å². The number of benzene rings is 3. The highest BCUT2D eigenvalue weighted by molar-refractivity contribution is 7.11. The van der Waals surface area contributed by atoms with E-state index in [0.29, 0.717) is 39.4 Å². The molecule has 3 aromatic carbocycles. The molecule has 1 aliphatic rings. The van der Waals surface area contributed by atoms with E-state index in [-0.39, 0.29) is 18.4 Å². The van der Waals surface area contributed by atoms with Gasteiger partial charge in [0.25, 0.3) is 0 Å². The molecule has 0 bridgehead atoms. The van der Waals surface area contributed by atoms with Gasteiger partial charge in [-0.2, -0.15) is 0 Å². The topological polar surface area (TPSA) is 53.1 Å². The summed E-state index contributed by atoms with van der Waals surface area (Å²) in [6.07, 6.45) is 0. The summed E-state index contributed by atoms with van der Waals surface area (Å²) in [6.45, 7) is 7.31. The van der Waals surface area contributed by atoms with Crippen molar-refractivity contribution >= 4 is 23.2 Å². The lowest BCUT2D eigenvalue weighted by Crippen LogP contribution is -2.48. The van der Waals surface area contributed by atoms with Crippen LogP contribution in [0.2, 0.25) is 0 Å². The van der Waals surface area contributed by atoms with Crippen LogP contribution in [-0.2, 0) is 27.4 Å². The average Bonchev–Trinajstić information content (AvgIpc) is 3.45. The SMILES string of the molecule is Cc1ccc(CN(Cc2ccccc2)C(=O)CN(CCN2CCOCC2)C(=O)C(c2ccccc2)c2ccccc2)s1. The molecule has 218 valence electrons. The number of ether oxygens (including phenoxy) is 1. The van der Waals surface area contributed by atoms with Crippen LogP contribution in [0.3, 0.4) is 0 Å². The molecule has 4 aromatic rings. The molecule has 5 rings (SSSR count). The maximum Gasteiger partial charge on any atom is 0.242 e. The van der Waals surface area contributed by atoms with Crippen LogP contribution in [0.1, 0.15) is 32.4 Å². The molecule has 1 aromatic heterocycles. The summed E-state index contributed by atoms with van der Waals surface area (Å²) in [5.74, 6) is -0.604. The van der Waals surface area contributed by atoms with E-state index < -0.39 is 5.92 Å². The highest BCUT2D eigenvalue weighted by atomic mass is 32.1. The van der Waals surface area contributed by atoms with Crippen LogP contribution in [-0.4, -0.2) is 72.5 Å². The van der Waals surface area contributed by atoms with Crippen LogP contribution < -0.4 is 0 Å². The van der Waals surface area contributed by atoms with Crippen molar-refractivity contribution < 1.29 is 14.3 Å². The van der Waals surface area contributed by atoms with Crippen LogP contribution in [0.25, 0.3) is 0 Å². The number of carbonyl (C=O) groups is 2. The molecule has 0 spiro atoms. The third kappa shape index (κ3) is 8.16. The van der Waals surface area contributed by atoms with E-state index >= 15 is 0 Å². The lowest BCUT2D eigenvalue weighted by molar-refractivity contribution is -0.141. The van der Waals surface area contributed by atoms with Crippen molar-refractivity contribution in [3.63, 3.8) is 0 Å². The second-order valence-corrected chi connectivity index (χ2v) is 12.1. The Morgan fingerprint density at radius 2 is 1.38 bits per heavy atom. The number of carbonyl (C=O) groups excluding carboxylic acids is 2. The van der Waals surface area contributed by atoms with Gasteiger partial charge < -0.3 is 14.5 Å². The Labute approximate surface area is 253 Å². The molecule has 1 saturated heterocycles. The predicted octanol–water partition coefficient (Wildman–Crippen LogP) is 5.58. The first kappa shape index (κ1) is 29.7. The monoisotopic (exact) mass is 581 g/mol. The molecular weight excluding hydrogens is 542 g/mol. The summed E-state index contributed by atoms with van der Waals surface area (Å²) in [7, 11) is 0. The Morgan fingerprint density at radius 1 is 0.786 bits per heavy atom. The largest absolute Gasteiger partial charge is 0.379 e. The number of hydrogen-bond donors (Lipinski definition) is 0. The van der Waals surface area contributed by atoms with Gasteiger partial charge in [-0.05, 0) is 35.7 Å². The lowest BCUT2D eigenvalue weighted by Gasteiger charge is -2.33. The van der Waals surface area contributed by atoms with Crippen LogP contribution in [0, 0.1) is 6.92 Å². The van der Waals surface area contributed by atoms with Crippen molar-refractivity contribution in [1.29, 1.82) is 0 Å². The number of amides is 2. The molecule has 7 heteroatoms. The highest BCUT2D eigenvalue weighted by Crippen LogP contribution is 2.27. The zero-order valence-electron chi connectivity index (χ0n) is 24.2. The van der Waals surface area contributed by atoms with Crippen molar-refractivity contribution in [3.8, 4) is 0 Å². The summed E-state index contributed by atoms with van der Waals surface area (Å²) in [5, 5.41) is 0. The molecule has 0 aliphatic carbocycles. The maximum atomic E-state index is 14.5. The van der Waals surface area contributed by atoms with Crippen LogP contribution in [0.5, 0.6) is 0 Å². The first-order chi connectivity index (χ1) is 20.6. The molecule has 0 saturated carbocycles. The van der Waals surface area contributed by atoms with Crippen LogP contribution in [0.15, 0.2) is 103 Å². The molecule has 6 nitrogen and oxygen atoms in total. The van der Waals surface area contributed by atoms with Gasteiger partial charge in [-0.25, -0.2) is 0 Å². The second kappa shape index (κ2) is 14.9. The summed E-state index contributed by atoms with van der Waals surface area (Å²) in [6, 6.07) is 34.0. The van der Waals surface area contributed by atoms with Gasteiger partial charge in [0, 0.05) is 42.5 Å². The van der Waals surface area contributed by atoms with Crippen molar-refractivity contribution in [1.82, 2.24) is 14.7 Å². The van der Waals surface area contributed by atoms with E-state index in [2.05, 4.69) is 24.0 Å². The summed E-state index contributed by atoms with van der Waals surface area (Å²) < 4.78 is 5.54. The first-order valence-electron chi connectivity index (χ1n) is 14.6. The molecule has 1 aliphatic heterocycles. The van der Waals surface area contributed by atoms with E-state index in [1.165, 1.54) is 4.88 Å². The second-order valence-electron chi connectivity index (χ2n) is 10.7. The average molecular weight is 582 g/mol. The number of hydrogen-bond acceptors (Lipinski definition) is 5. The number of rotatable bonds is 12. The van der Waals surface area contributed by atoms with Crippen LogP contribution >= 0.6 is 11.3 Å². The number of aryl methyl sites for hydroxylation is 1. The zero-order chi connectivity index (χ0) is 29.1. The van der Waals surface area contributed by atoms with Crippen molar-refractivity contribution in [2.24, 2.45) is 0 Å². The van der Waals surface area contributed by atoms with Gasteiger partial charge in [0.05, 0.1) is 32.2 Å². The normalized spacial score (nSPS) is 13.7. The molecular formula is C35H39N3O3S. The summed E-state index contributed by atoms with van der Waals surface area (Å²) in [5.41, 5.74) is 2.91. The minimum Gasteiger partial charge on any atom is -0.379 e. The van der Waals surface area contributed by atoms with Crippen molar-refractivity contribution in [2.75, 3.05) is 45.9 Å². The zero-order valence-corrected chi connectivity index (χ0v) is 25.0. The fourth-order valence-corrected chi connectivity index (χ4v) is 6.27. The number of nitrogens with zero attached hydrogens (tertiary/aromatic N) is 3. The van der Waals surface area contributed by atoms with Crippen LogP contribution in [0.4, 0.5) is 0 Å². The van der Waals surface area contributed by atoms with Gasteiger partial charge in [-0.3, -0.25) is 14.5 Å². The first-order valence-corrected chi connectivity index (χ1v) is 15.4. The fourth-order valence-electron chi connectivity index (χ4n) is 5.36. The Morgan fingerprint density at radius 3 is 1.95 bits per heavy atom. The van der Waals surface area contributed by atoms with Crippen molar-refractivity contribution in [3.05, 3.63) is 130 Å². The van der Waals surface area contributed by atoms with E-state index in [1.54, 1.807) is 16.2 Å². The van der Waals surface area contributed by atoms with E-state index in [9.17, 15) is 9.59 Å². The van der Waals surface area contributed by atoms with Crippen molar-refractivity contribution in [2.45, 2.75) is 25.9 Å². The molecule has 0 unspecified atom stereocenters. The van der Waals surface area contributed by atoms with Gasteiger partial charge in [-0.1, -0.05) is 91.0 Å². The third-order valence-corrected chi connectivity index (χ3v) is 8.64. The molecule has 2 amide bonds. The molecule has 0 N–H and O–H groups in total. The highest BCUT2D eigenvalue weighted by Gasteiger charge is 2.30. The summed E-state index contributed by atoms with van der Waals surface area (Å²) in [4.78, 5) is 37.0. The molecule has 1 fully saturated rings. The third-order valence-electron chi connectivity index (χ3n) is 7.65. The van der Waals surface area contributed by atoms with E-state index in [1.807, 2.05) is 95.9 Å². The minimum absolute atomic E-state index is 0.0243. The fraction of sp³-hybridized carbons (Fsp3) is 0.314. The Kier molecular flexibility index (Phi) is 10.5. The smallest absolute Gasteiger partial charge is 0.242 e. The summed E-state index contributed by atoms with van der Waals surface area (Å²) >= 11 is 1.70. The van der Waals surface area contributed by atoms with E-state index in [0.717, 1.165) is 34.7 Å². The standard InChI is InChI=1S/C35H39N3O3S/c1-28-17-18-32(42-28)26-38(25-29-11-5-2-6-12-29)33(39)27-37(20-19-36-21-23-41-24-22-36)35(40)34(30-13-7-3-8-14-30)31-15-9-4-10-16-31/h2-18,34H,19-27H2,1H3.